The number of hydrogen-bond acceptors (Lipinski definition) is 6. The van der Waals surface area contributed by atoms with Crippen molar-refractivity contribution in [2.45, 2.75) is 271 Å². The van der Waals surface area contributed by atoms with Gasteiger partial charge < -0.3 is 31.1 Å². The van der Waals surface area contributed by atoms with Gasteiger partial charge in [-0.1, -0.05) is 201 Å². The molecule has 2 amide bonds. The van der Waals surface area contributed by atoms with Crippen LogP contribution in [-0.2, 0) is 9.59 Å². The molecular weight excluding hydrogens is 677 g/mol. The molecular formula is C46H92N2O6. The first-order valence-electron chi connectivity index (χ1n) is 23.1. The lowest BCUT2D eigenvalue weighted by Gasteiger charge is -2.24. The number of hydrogen-bond donors (Lipinski definition) is 6. The second-order valence-corrected chi connectivity index (χ2v) is 15.7. The van der Waals surface area contributed by atoms with Crippen LogP contribution in [0.15, 0.2) is 12.2 Å². The molecule has 0 heterocycles. The minimum Gasteiger partial charge on any atom is -0.391 e. The fraction of sp³-hybridized carbons (Fsp3) is 0.913. The second kappa shape index (κ2) is 41.2. The van der Waals surface area contributed by atoms with E-state index in [2.05, 4.69) is 24.5 Å². The molecule has 0 radical (unpaired) electrons. The van der Waals surface area contributed by atoms with Gasteiger partial charge in [-0.05, 0) is 44.9 Å². The molecule has 8 heteroatoms. The molecule has 0 aliphatic heterocycles. The topological polar surface area (TPSA) is 139 Å². The zero-order chi connectivity index (χ0) is 40.7. The summed E-state index contributed by atoms with van der Waals surface area (Å²) in [6.45, 7) is 11.9. The quantitative estimate of drug-likeness (QED) is 0.0275. The van der Waals surface area contributed by atoms with E-state index in [-0.39, 0.29) is 18.0 Å². The van der Waals surface area contributed by atoms with Crippen LogP contribution in [0.4, 0.5) is 0 Å². The summed E-state index contributed by atoms with van der Waals surface area (Å²) in [6.07, 6.45) is 36.2. The molecule has 0 fully saturated rings. The number of allylic oxidation sites excluding steroid dienone is 1. The number of amides is 2. The maximum atomic E-state index is 11.8. The summed E-state index contributed by atoms with van der Waals surface area (Å²) in [4.78, 5) is 23.5. The molecule has 0 aromatic rings. The monoisotopic (exact) mass is 769 g/mol. The molecule has 0 aromatic carbocycles. The molecule has 6 unspecified atom stereocenters. The lowest BCUT2D eigenvalue weighted by atomic mass is 10.00. The Bertz CT molecular complexity index is 840. The van der Waals surface area contributed by atoms with Gasteiger partial charge in [0.05, 0.1) is 24.3 Å². The smallest absolute Gasteiger partial charge is 0.249 e. The highest BCUT2D eigenvalue weighted by Gasteiger charge is 2.22. The van der Waals surface area contributed by atoms with Gasteiger partial charge in [-0.15, -0.1) is 0 Å². The summed E-state index contributed by atoms with van der Waals surface area (Å²) < 4.78 is 0. The third-order valence-electron chi connectivity index (χ3n) is 10.7. The van der Waals surface area contributed by atoms with Crippen LogP contribution in [0.1, 0.15) is 234 Å². The Labute approximate surface area is 334 Å². The number of aliphatic hydroxyl groups is 4. The third kappa shape index (κ3) is 33.8. The number of carbonyl (C=O) groups is 2. The molecule has 322 valence electrons. The summed E-state index contributed by atoms with van der Waals surface area (Å²) in [5, 5.41) is 45.1. The van der Waals surface area contributed by atoms with Crippen LogP contribution < -0.4 is 10.6 Å². The van der Waals surface area contributed by atoms with Crippen LogP contribution in [-0.4, -0.2) is 68.7 Å². The highest BCUT2D eigenvalue weighted by atomic mass is 16.3. The van der Waals surface area contributed by atoms with E-state index in [1.54, 1.807) is 19.9 Å². The van der Waals surface area contributed by atoms with Crippen LogP contribution in [0.3, 0.4) is 0 Å². The largest absolute Gasteiger partial charge is 0.391 e. The van der Waals surface area contributed by atoms with E-state index < -0.39 is 30.3 Å². The first-order chi connectivity index (χ1) is 26.1. The van der Waals surface area contributed by atoms with Crippen LogP contribution in [0.2, 0.25) is 0 Å². The van der Waals surface area contributed by atoms with Crippen molar-refractivity contribution in [2.75, 3.05) is 0 Å². The Morgan fingerprint density at radius 1 is 0.444 bits per heavy atom. The van der Waals surface area contributed by atoms with Gasteiger partial charge in [0.25, 0.3) is 0 Å². The van der Waals surface area contributed by atoms with Gasteiger partial charge in [-0.3, -0.25) is 9.59 Å². The Hall–Kier alpha value is -1.48. The van der Waals surface area contributed by atoms with Crippen molar-refractivity contribution >= 4 is 11.8 Å². The third-order valence-corrected chi connectivity index (χ3v) is 10.7. The number of nitrogens with one attached hydrogen (secondary N) is 2. The zero-order valence-corrected chi connectivity index (χ0v) is 36.4. The van der Waals surface area contributed by atoms with E-state index in [4.69, 9.17) is 0 Å². The number of unbranched alkanes of at least 4 members (excludes halogenated alkanes) is 23. The van der Waals surface area contributed by atoms with Crippen LogP contribution >= 0.6 is 0 Å². The molecule has 8 nitrogen and oxygen atoms in total. The fourth-order valence-corrected chi connectivity index (χ4v) is 6.70. The van der Waals surface area contributed by atoms with Gasteiger partial charge in [0.15, 0.2) is 0 Å². The normalized spacial score (nSPS) is 14.9. The molecule has 54 heavy (non-hydrogen) atoms. The SMILES string of the molecule is CCCCCCCCCCCCC/C=C/C(O)C(CC)NC(=O)C(O)CC.CCCCCCCCCCCCCCCC(O)C(CC)NC(=O)C(O)CC. The van der Waals surface area contributed by atoms with Crippen molar-refractivity contribution in [3.63, 3.8) is 0 Å². The number of rotatable bonds is 37. The highest BCUT2D eigenvalue weighted by Crippen LogP contribution is 2.16. The van der Waals surface area contributed by atoms with E-state index in [9.17, 15) is 30.0 Å². The van der Waals surface area contributed by atoms with Gasteiger partial charge >= 0.3 is 0 Å². The average Bonchev–Trinajstić information content (AvgIpc) is 3.18. The highest BCUT2D eigenvalue weighted by molar-refractivity contribution is 5.81. The van der Waals surface area contributed by atoms with E-state index in [0.29, 0.717) is 25.7 Å². The Morgan fingerprint density at radius 2 is 0.778 bits per heavy atom. The molecule has 0 spiro atoms. The van der Waals surface area contributed by atoms with Gasteiger partial charge in [0.1, 0.15) is 12.2 Å². The second-order valence-electron chi connectivity index (χ2n) is 15.7. The zero-order valence-electron chi connectivity index (χ0n) is 36.4. The Morgan fingerprint density at radius 3 is 1.13 bits per heavy atom. The standard InChI is InChI=1S/C23H47NO3.C23H45NO3/c2*1-4-7-8-9-10-11-12-13-14-15-16-17-18-19-22(26)20(5-2)24-23(27)21(25)6-3/h20-22,25-26H,4-19H2,1-3H3,(H,24,27);18-22,25-26H,4-17H2,1-3H3,(H,24,27)/b;19-18+. The molecule has 6 atom stereocenters. The lowest BCUT2D eigenvalue weighted by Crippen LogP contribution is -2.46. The lowest BCUT2D eigenvalue weighted by molar-refractivity contribution is -0.131. The first kappa shape index (κ1) is 54.6. The molecule has 0 bridgehead atoms. The summed E-state index contributed by atoms with van der Waals surface area (Å²) in [5.41, 5.74) is 0. The van der Waals surface area contributed by atoms with Crippen LogP contribution in [0, 0.1) is 0 Å². The Balaban J connectivity index is 0. The van der Waals surface area contributed by atoms with Crippen molar-refractivity contribution in [2.24, 2.45) is 0 Å². The summed E-state index contributed by atoms with van der Waals surface area (Å²) in [7, 11) is 0. The molecule has 0 saturated heterocycles. The van der Waals surface area contributed by atoms with Crippen LogP contribution in [0.25, 0.3) is 0 Å². The van der Waals surface area contributed by atoms with E-state index >= 15 is 0 Å². The van der Waals surface area contributed by atoms with Gasteiger partial charge in [0, 0.05) is 0 Å². The fourth-order valence-electron chi connectivity index (χ4n) is 6.70. The predicted octanol–water partition coefficient (Wildman–Crippen LogP) is 10.8. The number of carbonyl (C=O) groups excluding carboxylic acids is 2. The molecule has 0 aliphatic carbocycles. The molecule has 0 aliphatic rings. The van der Waals surface area contributed by atoms with Crippen molar-refractivity contribution in [1.82, 2.24) is 10.6 Å². The predicted molar refractivity (Wildman–Crippen MR) is 230 cm³/mol. The van der Waals surface area contributed by atoms with Crippen molar-refractivity contribution in [3.05, 3.63) is 12.2 Å². The van der Waals surface area contributed by atoms with E-state index in [1.807, 2.05) is 19.9 Å². The van der Waals surface area contributed by atoms with E-state index in [1.165, 1.54) is 135 Å². The van der Waals surface area contributed by atoms with Gasteiger partial charge in [-0.2, -0.15) is 0 Å². The Kier molecular flexibility index (Phi) is 41.6. The van der Waals surface area contributed by atoms with Crippen molar-refractivity contribution < 1.29 is 30.0 Å². The maximum absolute atomic E-state index is 11.8. The maximum Gasteiger partial charge on any atom is 0.249 e. The van der Waals surface area contributed by atoms with Crippen molar-refractivity contribution in [3.8, 4) is 0 Å². The molecule has 0 saturated carbocycles. The summed E-state index contributed by atoms with van der Waals surface area (Å²) in [5.74, 6) is -0.768. The minimum absolute atomic E-state index is 0.254. The van der Waals surface area contributed by atoms with Crippen molar-refractivity contribution in [1.29, 1.82) is 0 Å². The minimum atomic E-state index is -0.994. The average molecular weight is 769 g/mol. The van der Waals surface area contributed by atoms with Gasteiger partial charge in [-0.25, -0.2) is 0 Å². The van der Waals surface area contributed by atoms with Gasteiger partial charge in [0.2, 0.25) is 11.8 Å². The molecule has 0 aromatic heterocycles. The van der Waals surface area contributed by atoms with E-state index in [0.717, 1.165) is 32.1 Å². The molecule has 0 rings (SSSR count). The summed E-state index contributed by atoms with van der Waals surface area (Å²) in [6, 6.07) is -0.594. The first-order valence-corrected chi connectivity index (χ1v) is 23.1. The number of aliphatic hydroxyl groups excluding tert-OH is 4. The molecule has 6 N–H and O–H groups in total. The summed E-state index contributed by atoms with van der Waals surface area (Å²) >= 11 is 0. The van der Waals surface area contributed by atoms with Crippen LogP contribution in [0.5, 0.6) is 0 Å².